The monoisotopic (exact) mass is 313 g/mol. The van der Waals surface area contributed by atoms with E-state index >= 15 is 0 Å². The lowest BCUT2D eigenvalue weighted by Gasteiger charge is -2.32. The van der Waals surface area contributed by atoms with Crippen LogP contribution in [0.2, 0.25) is 0 Å². The van der Waals surface area contributed by atoms with Crippen LogP contribution in [-0.2, 0) is 0 Å². The average Bonchev–Trinajstić information content (AvgIpc) is 2.46. The molecule has 1 aliphatic rings. The molecule has 0 aromatic heterocycles. The molecule has 0 aliphatic carbocycles. The zero-order chi connectivity index (χ0) is 14.7. The maximum atomic E-state index is 12.4. The normalized spacial score (nSPS) is 18.0. The number of amides is 1. The van der Waals surface area contributed by atoms with Gasteiger partial charge in [-0.05, 0) is 38.3 Å². The Kier molecular flexibility index (Phi) is 6.11. The molecule has 21 heavy (non-hydrogen) atoms. The van der Waals surface area contributed by atoms with Crippen molar-refractivity contribution in [2.45, 2.75) is 19.8 Å². The molecule has 6 nitrogen and oxygen atoms in total. The van der Waals surface area contributed by atoms with Crippen molar-refractivity contribution in [1.82, 2.24) is 4.90 Å². The zero-order valence-corrected chi connectivity index (χ0v) is 12.8. The van der Waals surface area contributed by atoms with Crippen molar-refractivity contribution in [2.24, 2.45) is 11.7 Å². The van der Waals surface area contributed by atoms with E-state index < -0.39 is 4.92 Å². The Hall–Kier alpha value is -1.66. The van der Waals surface area contributed by atoms with Gasteiger partial charge in [0.2, 0.25) is 0 Å². The van der Waals surface area contributed by atoms with E-state index in [0.29, 0.717) is 36.7 Å². The summed E-state index contributed by atoms with van der Waals surface area (Å²) < 4.78 is 0. The number of benzene rings is 1. The van der Waals surface area contributed by atoms with E-state index in [-0.39, 0.29) is 24.0 Å². The molecule has 1 saturated heterocycles. The highest BCUT2D eigenvalue weighted by Gasteiger charge is 2.25. The van der Waals surface area contributed by atoms with Gasteiger partial charge in [-0.2, -0.15) is 0 Å². The molecule has 0 saturated carbocycles. The number of aryl methyl sites for hydroxylation is 1. The average molecular weight is 314 g/mol. The first-order valence-electron chi connectivity index (χ1n) is 6.77. The Morgan fingerprint density at radius 2 is 2.24 bits per heavy atom. The fourth-order valence-electron chi connectivity index (χ4n) is 2.56. The third kappa shape index (κ3) is 3.92. The van der Waals surface area contributed by atoms with Gasteiger partial charge in [0.15, 0.2) is 0 Å². The topological polar surface area (TPSA) is 89.5 Å². The molecule has 0 bridgehead atoms. The van der Waals surface area contributed by atoms with Gasteiger partial charge in [0, 0.05) is 30.3 Å². The van der Waals surface area contributed by atoms with Crippen molar-refractivity contribution in [2.75, 3.05) is 19.6 Å². The van der Waals surface area contributed by atoms with Gasteiger partial charge < -0.3 is 10.6 Å². The lowest BCUT2D eigenvalue weighted by Crippen LogP contribution is -2.42. The second kappa shape index (κ2) is 7.38. The molecule has 1 aromatic carbocycles. The Balaban J connectivity index is 0.00000220. The molecule has 2 rings (SSSR count). The van der Waals surface area contributed by atoms with Gasteiger partial charge >= 0.3 is 0 Å². The largest absolute Gasteiger partial charge is 0.338 e. The van der Waals surface area contributed by atoms with Crippen LogP contribution in [0.1, 0.15) is 28.8 Å². The minimum absolute atomic E-state index is 0. The molecule has 1 aliphatic heterocycles. The van der Waals surface area contributed by atoms with Gasteiger partial charge in [-0.15, -0.1) is 12.4 Å². The molecule has 1 heterocycles. The summed E-state index contributed by atoms with van der Waals surface area (Å²) in [7, 11) is 0. The summed E-state index contributed by atoms with van der Waals surface area (Å²) >= 11 is 0. The smallest absolute Gasteiger partial charge is 0.273 e. The lowest BCUT2D eigenvalue weighted by atomic mass is 9.97. The van der Waals surface area contributed by atoms with Gasteiger partial charge in [-0.25, -0.2) is 0 Å². The molecular weight excluding hydrogens is 294 g/mol. The fourth-order valence-corrected chi connectivity index (χ4v) is 2.56. The quantitative estimate of drug-likeness (QED) is 0.684. The van der Waals surface area contributed by atoms with Crippen LogP contribution in [0, 0.1) is 23.0 Å². The van der Waals surface area contributed by atoms with Crippen LogP contribution in [0.5, 0.6) is 0 Å². The summed E-state index contributed by atoms with van der Waals surface area (Å²) in [5, 5.41) is 10.9. The minimum atomic E-state index is -0.453. The molecule has 1 unspecified atom stereocenters. The predicted molar refractivity (Wildman–Crippen MR) is 82.8 cm³/mol. The summed E-state index contributed by atoms with van der Waals surface area (Å²) in [6.07, 6.45) is 1.97. The van der Waals surface area contributed by atoms with Crippen LogP contribution in [0.25, 0.3) is 0 Å². The highest BCUT2D eigenvalue weighted by atomic mass is 35.5. The van der Waals surface area contributed by atoms with Crippen LogP contribution in [0.15, 0.2) is 18.2 Å². The van der Waals surface area contributed by atoms with Crippen LogP contribution >= 0.6 is 12.4 Å². The number of likely N-dealkylation sites (tertiary alicyclic amines) is 1. The van der Waals surface area contributed by atoms with Crippen molar-refractivity contribution in [1.29, 1.82) is 0 Å². The van der Waals surface area contributed by atoms with Gasteiger partial charge in [0.1, 0.15) is 0 Å². The molecule has 1 amide bonds. The number of carbonyl (C=O) groups excluding carboxylic acids is 1. The summed E-state index contributed by atoms with van der Waals surface area (Å²) in [4.78, 5) is 24.6. The lowest BCUT2D eigenvalue weighted by molar-refractivity contribution is -0.385. The number of nitrogens with zero attached hydrogens (tertiary/aromatic N) is 2. The van der Waals surface area contributed by atoms with Crippen molar-refractivity contribution in [3.8, 4) is 0 Å². The van der Waals surface area contributed by atoms with Gasteiger partial charge in [-0.3, -0.25) is 14.9 Å². The summed E-state index contributed by atoms with van der Waals surface area (Å²) in [5.41, 5.74) is 6.59. The number of nitrogens with two attached hydrogens (primary N) is 1. The standard InChI is InChI=1S/C14H19N3O3.ClH/c1-10-4-5-12(7-13(10)17(19)20)14(18)16-6-2-3-11(8-15)9-16;/h4-5,7,11H,2-3,6,8-9,15H2,1H3;1H. The highest BCUT2D eigenvalue weighted by Crippen LogP contribution is 2.22. The van der Waals surface area contributed by atoms with E-state index in [1.165, 1.54) is 6.07 Å². The van der Waals surface area contributed by atoms with Crippen molar-refractivity contribution >= 4 is 24.0 Å². The minimum Gasteiger partial charge on any atom is -0.338 e. The number of nitro benzene ring substituents is 1. The number of hydrogen-bond acceptors (Lipinski definition) is 4. The number of halogens is 1. The van der Waals surface area contributed by atoms with E-state index in [4.69, 9.17) is 5.73 Å². The van der Waals surface area contributed by atoms with Crippen molar-refractivity contribution < 1.29 is 9.72 Å². The molecule has 0 spiro atoms. The zero-order valence-electron chi connectivity index (χ0n) is 11.9. The Morgan fingerprint density at radius 3 is 2.86 bits per heavy atom. The maximum absolute atomic E-state index is 12.4. The summed E-state index contributed by atoms with van der Waals surface area (Å²) in [6, 6.07) is 4.64. The molecule has 1 atom stereocenters. The maximum Gasteiger partial charge on any atom is 0.273 e. The number of rotatable bonds is 3. The first kappa shape index (κ1) is 17.4. The van der Waals surface area contributed by atoms with Crippen LogP contribution in [0.3, 0.4) is 0 Å². The molecule has 2 N–H and O–H groups in total. The molecule has 1 fully saturated rings. The second-order valence-electron chi connectivity index (χ2n) is 5.25. The first-order valence-corrected chi connectivity index (χ1v) is 6.77. The van der Waals surface area contributed by atoms with Crippen LogP contribution in [0.4, 0.5) is 5.69 Å². The van der Waals surface area contributed by atoms with Gasteiger partial charge in [0.05, 0.1) is 4.92 Å². The van der Waals surface area contributed by atoms with Crippen molar-refractivity contribution in [3.63, 3.8) is 0 Å². The Labute approximate surface area is 129 Å². The molecule has 0 radical (unpaired) electrons. The predicted octanol–water partition coefficient (Wildman–Crippen LogP) is 2.14. The van der Waals surface area contributed by atoms with E-state index in [1.807, 2.05) is 0 Å². The highest BCUT2D eigenvalue weighted by molar-refractivity contribution is 5.95. The van der Waals surface area contributed by atoms with E-state index in [0.717, 1.165) is 12.8 Å². The van der Waals surface area contributed by atoms with Crippen LogP contribution in [-0.4, -0.2) is 35.4 Å². The third-order valence-electron chi connectivity index (χ3n) is 3.79. The van der Waals surface area contributed by atoms with Crippen molar-refractivity contribution in [3.05, 3.63) is 39.4 Å². The molecule has 116 valence electrons. The first-order chi connectivity index (χ1) is 9.52. The van der Waals surface area contributed by atoms with Crippen LogP contribution < -0.4 is 5.73 Å². The Morgan fingerprint density at radius 1 is 1.52 bits per heavy atom. The molecule has 7 heteroatoms. The van der Waals surface area contributed by atoms with Gasteiger partial charge in [0.25, 0.3) is 11.6 Å². The SMILES string of the molecule is Cc1ccc(C(=O)N2CCCC(CN)C2)cc1[N+](=O)[O-].Cl. The van der Waals surface area contributed by atoms with E-state index in [2.05, 4.69) is 0 Å². The van der Waals surface area contributed by atoms with E-state index in [9.17, 15) is 14.9 Å². The molecule has 1 aromatic rings. The number of hydrogen-bond donors (Lipinski definition) is 1. The van der Waals surface area contributed by atoms with E-state index in [1.54, 1.807) is 24.0 Å². The number of carbonyl (C=O) groups is 1. The third-order valence-corrected chi connectivity index (χ3v) is 3.79. The van der Waals surface area contributed by atoms with Gasteiger partial charge in [-0.1, -0.05) is 6.07 Å². The number of piperidine rings is 1. The summed E-state index contributed by atoms with van der Waals surface area (Å²) in [6.45, 7) is 3.56. The summed E-state index contributed by atoms with van der Waals surface area (Å²) in [5.74, 6) is 0.180. The molecular formula is C14H20ClN3O3. The number of nitro groups is 1. The second-order valence-corrected chi connectivity index (χ2v) is 5.25. The Bertz CT molecular complexity index is 536. The fraction of sp³-hybridized carbons (Fsp3) is 0.500.